The van der Waals surface area contributed by atoms with Crippen LogP contribution in [0.25, 0.3) is 17.0 Å². The second kappa shape index (κ2) is 5.57. The van der Waals surface area contributed by atoms with Crippen LogP contribution in [0.3, 0.4) is 0 Å². The molecule has 0 atom stereocenters. The lowest BCUT2D eigenvalue weighted by molar-refractivity contribution is 0.101. The minimum atomic E-state index is -0.0963. The van der Waals surface area contributed by atoms with Crippen LogP contribution < -0.4 is 9.47 Å². The fraction of sp³-hybridized carbons (Fsp3) is 0.150. The zero-order valence-electron chi connectivity index (χ0n) is 13.6. The van der Waals surface area contributed by atoms with Crippen LogP contribution in [0.2, 0.25) is 0 Å². The molecular weight excluding hydrogens is 302 g/mol. The van der Waals surface area contributed by atoms with Crippen LogP contribution >= 0.6 is 0 Å². The number of hydrogen-bond donors (Lipinski definition) is 0. The number of hydrogen-bond acceptors (Lipinski definition) is 3. The molecule has 3 aromatic rings. The van der Waals surface area contributed by atoms with Crippen molar-refractivity contribution in [3.05, 3.63) is 65.5 Å². The number of rotatable bonds is 3. The number of carbonyl (C=O) groups is 1. The molecule has 0 spiro atoms. The van der Waals surface area contributed by atoms with Gasteiger partial charge in [-0.1, -0.05) is 18.2 Å². The maximum Gasteiger partial charge on any atom is 0.231 e. The maximum atomic E-state index is 12.6. The van der Waals surface area contributed by atoms with Gasteiger partial charge in [-0.25, -0.2) is 0 Å². The van der Waals surface area contributed by atoms with Gasteiger partial charge in [-0.2, -0.15) is 0 Å². The summed E-state index contributed by atoms with van der Waals surface area (Å²) in [6, 6.07) is 13.4. The molecule has 2 heterocycles. The maximum absolute atomic E-state index is 12.6. The number of nitrogens with zero attached hydrogens (tertiary/aromatic N) is 1. The molecule has 0 radical (unpaired) electrons. The van der Waals surface area contributed by atoms with E-state index in [9.17, 15) is 4.79 Å². The van der Waals surface area contributed by atoms with E-state index < -0.39 is 0 Å². The molecular formula is C20H17NO3. The van der Waals surface area contributed by atoms with Crippen LogP contribution in [0.1, 0.15) is 22.8 Å². The zero-order chi connectivity index (χ0) is 16.7. The van der Waals surface area contributed by atoms with Crippen LogP contribution in [0.15, 0.2) is 54.4 Å². The number of Topliss-reactive ketones (excluding diaryl/α,β-unsaturated/α-hetero) is 1. The molecule has 24 heavy (non-hydrogen) atoms. The van der Waals surface area contributed by atoms with Crippen LogP contribution in [0.5, 0.6) is 11.5 Å². The van der Waals surface area contributed by atoms with Gasteiger partial charge < -0.3 is 14.0 Å². The molecule has 0 bridgehead atoms. The fourth-order valence-electron chi connectivity index (χ4n) is 3.05. The standard InChI is InChI=1S/C20H17NO3/c1-3-23-14-8-9-16-18(11-14)24-19(20(16)22)10-13-12-21(2)17-7-5-4-6-15(13)17/h4-12H,3H2,1-2H3/b19-10+. The molecule has 4 rings (SSSR count). The lowest BCUT2D eigenvalue weighted by Gasteiger charge is -2.03. The Balaban J connectivity index is 1.75. The van der Waals surface area contributed by atoms with Crippen molar-refractivity contribution in [2.75, 3.05) is 6.61 Å². The third-order valence-electron chi connectivity index (χ3n) is 4.17. The number of ether oxygens (including phenoxy) is 2. The van der Waals surface area contributed by atoms with Crippen molar-refractivity contribution < 1.29 is 14.3 Å². The van der Waals surface area contributed by atoms with Crippen LogP contribution in [0.4, 0.5) is 0 Å². The number of allylic oxidation sites excluding steroid dienone is 1. The Kier molecular flexibility index (Phi) is 3.38. The third-order valence-corrected chi connectivity index (χ3v) is 4.17. The zero-order valence-corrected chi connectivity index (χ0v) is 13.6. The first-order valence-corrected chi connectivity index (χ1v) is 7.92. The van der Waals surface area contributed by atoms with Gasteiger partial charge in [0.1, 0.15) is 11.5 Å². The Morgan fingerprint density at radius 3 is 2.88 bits per heavy atom. The molecule has 120 valence electrons. The molecule has 1 aliphatic rings. The normalized spacial score (nSPS) is 14.9. The summed E-state index contributed by atoms with van der Waals surface area (Å²) in [4.78, 5) is 12.6. The summed E-state index contributed by atoms with van der Waals surface area (Å²) in [5.74, 6) is 1.50. The van der Waals surface area contributed by atoms with Gasteiger partial charge in [-0.15, -0.1) is 0 Å². The number of carbonyl (C=O) groups excluding carboxylic acids is 1. The van der Waals surface area contributed by atoms with Gasteiger partial charge in [0.25, 0.3) is 0 Å². The number of para-hydroxylation sites is 1. The van der Waals surface area contributed by atoms with E-state index in [1.807, 2.05) is 49.0 Å². The average molecular weight is 319 g/mol. The predicted octanol–water partition coefficient (Wildman–Crippen LogP) is 4.19. The van der Waals surface area contributed by atoms with E-state index >= 15 is 0 Å². The fourth-order valence-corrected chi connectivity index (χ4v) is 3.05. The number of aromatic nitrogens is 1. The molecule has 1 aliphatic heterocycles. The highest BCUT2D eigenvalue weighted by Gasteiger charge is 2.28. The Hall–Kier alpha value is -3.01. The average Bonchev–Trinajstić information content (AvgIpc) is 3.07. The molecule has 0 aliphatic carbocycles. The monoisotopic (exact) mass is 319 g/mol. The highest BCUT2D eigenvalue weighted by molar-refractivity contribution is 6.15. The van der Waals surface area contributed by atoms with E-state index in [1.165, 1.54) is 0 Å². The molecule has 1 aromatic heterocycles. The number of ketones is 1. The van der Waals surface area contributed by atoms with Crippen LogP contribution in [0, 0.1) is 0 Å². The summed E-state index contributed by atoms with van der Waals surface area (Å²) in [5, 5.41) is 1.09. The van der Waals surface area contributed by atoms with Gasteiger partial charge in [-0.05, 0) is 31.2 Å². The molecule has 4 heteroatoms. The molecule has 0 amide bonds. The summed E-state index contributed by atoms with van der Waals surface area (Å²) in [7, 11) is 1.99. The van der Waals surface area contributed by atoms with Crippen molar-refractivity contribution in [3.8, 4) is 11.5 Å². The second-order valence-corrected chi connectivity index (χ2v) is 5.74. The summed E-state index contributed by atoms with van der Waals surface area (Å²) in [6.45, 7) is 2.50. The first kappa shape index (κ1) is 14.6. The smallest absolute Gasteiger partial charge is 0.231 e. The molecule has 2 aromatic carbocycles. The summed E-state index contributed by atoms with van der Waals surface area (Å²) >= 11 is 0. The second-order valence-electron chi connectivity index (χ2n) is 5.74. The minimum absolute atomic E-state index is 0.0963. The van der Waals surface area contributed by atoms with E-state index in [1.54, 1.807) is 18.2 Å². The van der Waals surface area contributed by atoms with Gasteiger partial charge in [0.05, 0.1) is 12.2 Å². The van der Waals surface area contributed by atoms with Gasteiger partial charge in [0.15, 0.2) is 5.76 Å². The molecule has 4 nitrogen and oxygen atoms in total. The van der Waals surface area contributed by atoms with Crippen molar-refractivity contribution in [2.45, 2.75) is 6.92 Å². The Labute approximate surface area is 139 Å². The van der Waals surface area contributed by atoms with Gasteiger partial charge >= 0.3 is 0 Å². The van der Waals surface area contributed by atoms with Gasteiger partial charge in [0.2, 0.25) is 5.78 Å². The highest BCUT2D eigenvalue weighted by Crippen LogP contribution is 2.35. The van der Waals surface area contributed by atoms with E-state index in [0.29, 0.717) is 29.4 Å². The lowest BCUT2D eigenvalue weighted by atomic mass is 10.1. The third kappa shape index (κ3) is 2.27. The van der Waals surface area contributed by atoms with E-state index in [2.05, 4.69) is 6.07 Å². The molecule has 0 saturated carbocycles. The molecule has 0 fully saturated rings. The van der Waals surface area contributed by atoms with E-state index in [0.717, 1.165) is 16.5 Å². The number of benzene rings is 2. The van der Waals surface area contributed by atoms with Gasteiger partial charge in [0, 0.05) is 35.8 Å². The van der Waals surface area contributed by atoms with Crippen LogP contribution in [-0.2, 0) is 7.05 Å². The quantitative estimate of drug-likeness (QED) is 0.680. The van der Waals surface area contributed by atoms with Crippen molar-refractivity contribution in [2.24, 2.45) is 7.05 Å². The Morgan fingerprint density at radius 1 is 1.21 bits per heavy atom. The summed E-state index contributed by atoms with van der Waals surface area (Å²) < 4.78 is 13.3. The molecule has 0 unspecified atom stereocenters. The lowest BCUT2D eigenvalue weighted by Crippen LogP contribution is -1.97. The van der Waals surface area contributed by atoms with Crippen molar-refractivity contribution in [1.82, 2.24) is 4.57 Å². The molecule has 0 N–H and O–H groups in total. The Bertz CT molecular complexity index is 982. The first-order chi connectivity index (χ1) is 11.7. The SMILES string of the molecule is CCOc1ccc2c(c1)O/C(=C/c1cn(C)c3ccccc13)C2=O. The van der Waals surface area contributed by atoms with Crippen LogP contribution in [-0.4, -0.2) is 17.0 Å². The van der Waals surface area contributed by atoms with Gasteiger partial charge in [-0.3, -0.25) is 4.79 Å². The Morgan fingerprint density at radius 2 is 2.04 bits per heavy atom. The van der Waals surface area contributed by atoms with E-state index in [-0.39, 0.29) is 5.78 Å². The van der Waals surface area contributed by atoms with Crippen molar-refractivity contribution in [1.29, 1.82) is 0 Å². The largest absolute Gasteiger partial charge is 0.494 e. The summed E-state index contributed by atoms with van der Waals surface area (Å²) in [5.41, 5.74) is 2.66. The number of fused-ring (bicyclic) bond motifs is 2. The topological polar surface area (TPSA) is 40.5 Å². The predicted molar refractivity (Wildman–Crippen MR) is 93.5 cm³/mol. The highest BCUT2D eigenvalue weighted by atomic mass is 16.5. The van der Waals surface area contributed by atoms with E-state index in [4.69, 9.17) is 9.47 Å². The summed E-state index contributed by atoms with van der Waals surface area (Å²) in [6.07, 6.45) is 3.81. The van der Waals surface area contributed by atoms with Crippen molar-refractivity contribution >= 4 is 22.8 Å². The number of aryl methyl sites for hydroxylation is 1. The van der Waals surface area contributed by atoms with Crippen molar-refractivity contribution in [3.63, 3.8) is 0 Å². The molecule has 0 saturated heterocycles. The minimum Gasteiger partial charge on any atom is -0.494 e. The first-order valence-electron chi connectivity index (χ1n) is 7.92.